The SMILES string of the molecule is Cn1ncc(-c2cc3c(cc2C(C)(C)F)OCCO3)c1N. The fourth-order valence-electron chi connectivity index (χ4n) is 2.46. The summed E-state index contributed by atoms with van der Waals surface area (Å²) in [5.41, 5.74) is 6.37. The van der Waals surface area contributed by atoms with Crippen molar-refractivity contribution >= 4 is 5.82 Å². The number of nitrogens with two attached hydrogens (primary N) is 1. The van der Waals surface area contributed by atoms with E-state index in [2.05, 4.69) is 5.10 Å². The molecule has 0 unspecified atom stereocenters. The lowest BCUT2D eigenvalue weighted by atomic mass is 9.90. The Balaban J connectivity index is 2.24. The Morgan fingerprint density at radius 3 is 2.33 bits per heavy atom. The van der Waals surface area contributed by atoms with Gasteiger partial charge in [-0.25, -0.2) is 4.39 Å². The van der Waals surface area contributed by atoms with Crippen LogP contribution in [0, 0.1) is 0 Å². The molecule has 112 valence electrons. The summed E-state index contributed by atoms with van der Waals surface area (Å²) in [6, 6.07) is 3.47. The third-order valence-electron chi connectivity index (χ3n) is 3.60. The highest BCUT2D eigenvalue weighted by atomic mass is 19.1. The minimum atomic E-state index is -1.53. The maximum Gasteiger partial charge on any atom is 0.162 e. The van der Waals surface area contributed by atoms with Gasteiger partial charge < -0.3 is 15.2 Å². The van der Waals surface area contributed by atoms with Crippen molar-refractivity contribution in [2.24, 2.45) is 7.05 Å². The van der Waals surface area contributed by atoms with Crippen LogP contribution in [0.15, 0.2) is 18.3 Å². The summed E-state index contributed by atoms with van der Waals surface area (Å²) in [7, 11) is 1.75. The lowest BCUT2D eigenvalue weighted by Crippen LogP contribution is -2.18. The lowest BCUT2D eigenvalue weighted by Gasteiger charge is -2.25. The number of nitrogen functional groups attached to an aromatic ring is 1. The summed E-state index contributed by atoms with van der Waals surface area (Å²) in [5.74, 6) is 1.65. The van der Waals surface area contributed by atoms with Crippen molar-refractivity contribution in [3.63, 3.8) is 0 Å². The zero-order valence-electron chi connectivity index (χ0n) is 12.3. The first kappa shape index (κ1) is 13.7. The molecule has 2 N–H and O–H groups in total. The zero-order chi connectivity index (χ0) is 15.2. The van der Waals surface area contributed by atoms with Gasteiger partial charge in [-0.1, -0.05) is 0 Å². The van der Waals surface area contributed by atoms with Crippen molar-refractivity contribution in [3.8, 4) is 22.6 Å². The molecule has 1 aliphatic heterocycles. The Morgan fingerprint density at radius 2 is 1.81 bits per heavy atom. The van der Waals surface area contributed by atoms with Crippen molar-refractivity contribution in [3.05, 3.63) is 23.9 Å². The molecule has 0 bridgehead atoms. The van der Waals surface area contributed by atoms with Crippen molar-refractivity contribution in [1.29, 1.82) is 0 Å². The maximum absolute atomic E-state index is 14.6. The van der Waals surface area contributed by atoms with Gasteiger partial charge in [0.05, 0.1) is 6.20 Å². The summed E-state index contributed by atoms with van der Waals surface area (Å²) in [6.07, 6.45) is 1.63. The van der Waals surface area contributed by atoms with Crippen LogP contribution in [0.1, 0.15) is 19.4 Å². The van der Waals surface area contributed by atoms with Gasteiger partial charge in [0.2, 0.25) is 0 Å². The van der Waals surface area contributed by atoms with E-state index in [1.165, 1.54) is 13.8 Å². The number of benzene rings is 1. The van der Waals surface area contributed by atoms with Gasteiger partial charge in [0.25, 0.3) is 0 Å². The van der Waals surface area contributed by atoms with Crippen LogP contribution in [0.2, 0.25) is 0 Å². The molecule has 0 aliphatic carbocycles. The Labute approximate surface area is 122 Å². The predicted octanol–water partition coefficient (Wildman–Crippen LogP) is 2.65. The van der Waals surface area contributed by atoms with Gasteiger partial charge in [-0.3, -0.25) is 4.68 Å². The Hall–Kier alpha value is -2.24. The molecule has 3 rings (SSSR count). The molecule has 0 amide bonds. The van der Waals surface area contributed by atoms with Gasteiger partial charge >= 0.3 is 0 Å². The molecule has 0 saturated heterocycles. The first-order chi connectivity index (χ1) is 9.88. The molecular weight excluding hydrogens is 273 g/mol. The van der Waals surface area contributed by atoms with Gasteiger partial charge in [0, 0.05) is 18.2 Å². The van der Waals surface area contributed by atoms with E-state index in [0.717, 1.165) is 0 Å². The molecule has 0 radical (unpaired) electrons. The molecule has 2 heterocycles. The van der Waals surface area contributed by atoms with Crippen molar-refractivity contribution in [1.82, 2.24) is 9.78 Å². The van der Waals surface area contributed by atoms with Crippen LogP contribution in [0.3, 0.4) is 0 Å². The molecule has 1 aromatic carbocycles. The van der Waals surface area contributed by atoms with Crippen LogP contribution in [-0.2, 0) is 12.7 Å². The number of hydrogen-bond donors (Lipinski definition) is 1. The van der Waals surface area contributed by atoms with Crippen molar-refractivity contribution in [2.75, 3.05) is 18.9 Å². The van der Waals surface area contributed by atoms with E-state index >= 15 is 0 Å². The fraction of sp³-hybridized carbons (Fsp3) is 0.400. The Kier molecular flexibility index (Phi) is 3.04. The second-order valence-electron chi connectivity index (χ2n) is 5.58. The average molecular weight is 291 g/mol. The number of alkyl halides is 1. The molecule has 0 fully saturated rings. The molecule has 5 nitrogen and oxygen atoms in total. The summed E-state index contributed by atoms with van der Waals surface area (Å²) < 4.78 is 27.3. The fourth-order valence-corrected chi connectivity index (χ4v) is 2.46. The van der Waals surface area contributed by atoms with Crippen LogP contribution in [0.4, 0.5) is 10.2 Å². The lowest BCUT2D eigenvalue weighted by molar-refractivity contribution is 0.169. The summed E-state index contributed by atoms with van der Waals surface area (Å²) in [6.45, 7) is 3.96. The number of ether oxygens (including phenoxy) is 2. The smallest absolute Gasteiger partial charge is 0.162 e. The zero-order valence-corrected chi connectivity index (χ0v) is 12.3. The van der Waals surface area contributed by atoms with E-state index in [0.29, 0.717) is 47.2 Å². The molecule has 21 heavy (non-hydrogen) atoms. The molecule has 6 heteroatoms. The molecule has 1 aromatic heterocycles. The normalized spacial score (nSPS) is 14.3. The number of anilines is 1. The summed E-state index contributed by atoms with van der Waals surface area (Å²) in [4.78, 5) is 0. The maximum atomic E-state index is 14.6. The molecule has 0 atom stereocenters. The third kappa shape index (κ3) is 2.30. The standard InChI is InChI=1S/C15H18FN3O2/c1-15(2,16)11-7-13-12(20-4-5-21-13)6-9(11)10-8-18-19(3)14(10)17/h6-8H,4-5,17H2,1-3H3. The second-order valence-corrected chi connectivity index (χ2v) is 5.58. The molecule has 1 aliphatic rings. The number of nitrogens with zero attached hydrogens (tertiary/aromatic N) is 2. The second kappa shape index (κ2) is 4.65. The number of rotatable bonds is 2. The summed E-state index contributed by atoms with van der Waals surface area (Å²) >= 11 is 0. The first-order valence-electron chi connectivity index (χ1n) is 6.79. The topological polar surface area (TPSA) is 62.3 Å². The number of hydrogen-bond acceptors (Lipinski definition) is 4. The molecule has 2 aromatic rings. The molecular formula is C15H18FN3O2. The largest absolute Gasteiger partial charge is 0.486 e. The summed E-state index contributed by atoms with van der Waals surface area (Å²) in [5, 5.41) is 4.12. The van der Waals surface area contributed by atoms with E-state index in [4.69, 9.17) is 15.2 Å². The van der Waals surface area contributed by atoms with E-state index in [-0.39, 0.29) is 0 Å². The van der Waals surface area contributed by atoms with Crippen LogP contribution in [0.5, 0.6) is 11.5 Å². The van der Waals surface area contributed by atoms with E-state index in [9.17, 15) is 4.39 Å². The monoisotopic (exact) mass is 291 g/mol. The van der Waals surface area contributed by atoms with E-state index < -0.39 is 5.67 Å². The molecule has 0 saturated carbocycles. The van der Waals surface area contributed by atoms with Gasteiger partial charge in [-0.2, -0.15) is 5.10 Å². The van der Waals surface area contributed by atoms with Crippen LogP contribution in [-0.4, -0.2) is 23.0 Å². The minimum absolute atomic E-state index is 0.466. The number of fused-ring (bicyclic) bond motifs is 1. The average Bonchev–Trinajstić information content (AvgIpc) is 2.76. The van der Waals surface area contributed by atoms with E-state index in [1.807, 2.05) is 0 Å². The number of halogens is 1. The molecule has 0 spiro atoms. The quantitative estimate of drug-likeness (QED) is 0.924. The highest BCUT2D eigenvalue weighted by Crippen LogP contribution is 2.43. The van der Waals surface area contributed by atoms with Crippen molar-refractivity contribution < 1.29 is 13.9 Å². The minimum Gasteiger partial charge on any atom is -0.486 e. The van der Waals surface area contributed by atoms with Gasteiger partial charge in [-0.15, -0.1) is 0 Å². The van der Waals surface area contributed by atoms with Crippen LogP contribution >= 0.6 is 0 Å². The first-order valence-corrected chi connectivity index (χ1v) is 6.79. The van der Waals surface area contributed by atoms with Gasteiger partial charge in [0.15, 0.2) is 11.5 Å². The van der Waals surface area contributed by atoms with Crippen LogP contribution in [0.25, 0.3) is 11.1 Å². The Bertz CT molecular complexity index is 689. The predicted molar refractivity (Wildman–Crippen MR) is 78.2 cm³/mol. The van der Waals surface area contributed by atoms with Gasteiger partial charge in [0.1, 0.15) is 24.7 Å². The van der Waals surface area contributed by atoms with E-state index in [1.54, 1.807) is 30.1 Å². The Morgan fingerprint density at radius 1 is 1.19 bits per heavy atom. The number of aromatic nitrogens is 2. The van der Waals surface area contributed by atoms with Crippen LogP contribution < -0.4 is 15.2 Å². The highest BCUT2D eigenvalue weighted by molar-refractivity contribution is 5.79. The highest BCUT2D eigenvalue weighted by Gasteiger charge is 2.28. The third-order valence-corrected chi connectivity index (χ3v) is 3.60. The number of aryl methyl sites for hydroxylation is 1. The van der Waals surface area contributed by atoms with Gasteiger partial charge in [-0.05, 0) is 31.5 Å². The van der Waals surface area contributed by atoms with Crippen molar-refractivity contribution in [2.45, 2.75) is 19.5 Å².